The number of rotatable bonds is 4. The van der Waals surface area contributed by atoms with E-state index < -0.39 is 11.7 Å². The van der Waals surface area contributed by atoms with Gasteiger partial charge in [0.05, 0.1) is 23.5 Å². The highest BCUT2D eigenvalue weighted by molar-refractivity contribution is 5.52. The molecule has 1 aromatic heterocycles. The van der Waals surface area contributed by atoms with E-state index in [0.29, 0.717) is 6.54 Å². The molecule has 3 nitrogen and oxygen atoms in total. The first-order chi connectivity index (χ1) is 9.41. The predicted molar refractivity (Wildman–Crippen MR) is 71.4 cm³/mol. The van der Waals surface area contributed by atoms with Gasteiger partial charge >= 0.3 is 6.18 Å². The zero-order valence-electron chi connectivity index (χ0n) is 11.3. The summed E-state index contributed by atoms with van der Waals surface area (Å²) < 4.78 is 40.2. The molecule has 0 radical (unpaired) electrons. The number of nitrogens with zero attached hydrogens (tertiary/aromatic N) is 2. The van der Waals surface area contributed by atoms with E-state index in [1.54, 1.807) is 17.8 Å². The van der Waals surface area contributed by atoms with Crippen molar-refractivity contribution in [2.24, 2.45) is 7.05 Å². The highest BCUT2D eigenvalue weighted by Gasteiger charge is 2.33. The van der Waals surface area contributed by atoms with Crippen LogP contribution in [0, 0.1) is 0 Å². The Morgan fingerprint density at radius 1 is 1.25 bits per heavy atom. The number of nitrogens with one attached hydrogen (secondary N) is 1. The van der Waals surface area contributed by atoms with Gasteiger partial charge in [0.25, 0.3) is 0 Å². The van der Waals surface area contributed by atoms with E-state index in [9.17, 15) is 13.2 Å². The quantitative estimate of drug-likeness (QED) is 0.929. The van der Waals surface area contributed by atoms with E-state index in [1.807, 2.05) is 13.0 Å². The van der Waals surface area contributed by atoms with Crippen molar-refractivity contribution in [2.45, 2.75) is 26.1 Å². The maximum Gasteiger partial charge on any atom is 0.418 e. The van der Waals surface area contributed by atoms with Crippen LogP contribution in [0.4, 0.5) is 18.9 Å². The maximum atomic E-state index is 12.9. The number of para-hydroxylation sites is 1. The van der Waals surface area contributed by atoms with Gasteiger partial charge in [-0.25, -0.2) is 0 Å². The average Bonchev–Trinajstić information content (AvgIpc) is 2.76. The SMILES string of the molecule is CCc1cc(CNc2ccccc2C(F)(F)F)n(C)n1. The van der Waals surface area contributed by atoms with Crippen molar-refractivity contribution in [3.8, 4) is 0 Å². The second kappa shape index (κ2) is 5.56. The van der Waals surface area contributed by atoms with E-state index >= 15 is 0 Å². The molecule has 6 heteroatoms. The predicted octanol–water partition coefficient (Wildman–Crippen LogP) is 3.61. The van der Waals surface area contributed by atoms with Crippen LogP contribution in [0.15, 0.2) is 30.3 Å². The Labute approximate surface area is 115 Å². The summed E-state index contributed by atoms with van der Waals surface area (Å²) in [7, 11) is 1.78. The van der Waals surface area contributed by atoms with Crippen LogP contribution < -0.4 is 5.32 Å². The van der Waals surface area contributed by atoms with Gasteiger partial charge in [-0.3, -0.25) is 4.68 Å². The monoisotopic (exact) mass is 283 g/mol. The standard InChI is InChI=1S/C14H16F3N3/c1-3-10-8-11(20(2)19-10)9-18-13-7-5-4-6-12(13)14(15,16)17/h4-8,18H,3,9H2,1-2H3. The maximum absolute atomic E-state index is 12.9. The third kappa shape index (κ3) is 3.12. The summed E-state index contributed by atoms with van der Waals surface area (Å²) in [4.78, 5) is 0. The molecular weight excluding hydrogens is 267 g/mol. The molecule has 1 aromatic carbocycles. The van der Waals surface area contributed by atoms with Gasteiger partial charge in [-0.2, -0.15) is 18.3 Å². The Morgan fingerprint density at radius 3 is 2.55 bits per heavy atom. The summed E-state index contributed by atoms with van der Waals surface area (Å²) in [5.41, 5.74) is 1.20. The van der Waals surface area contributed by atoms with Gasteiger partial charge < -0.3 is 5.32 Å². The zero-order chi connectivity index (χ0) is 14.8. The summed E-state index contributed by atoms with van der Waals surface area (Å²) in [6.07, 6.45) is -3.56. The largest absolute Gasteiger partial charge is 0.418 e. The molecule has 108 valence electrons. The number of halogens is 3. The second-order valence-corrected chi connectivity index (χ2v) is 4.50. The fraction of sp³-hybridized carbons (Fsp3) is 0.357. The van der Waals surface area contributed by atoms with Crippen molar-refractivity contribution >= 4 is 5.69 Å². The topological polar surface area (TPSA) is 29.9 Å². The number of anilines is 1. The van der Waals surface area contributed by atoms with Crippen LogP contribution in [-0.4, -0.2) is 9.78 Å². The van der Waals surface area contributed by atoms with Crippen LogP contribution in [0.2, 0.25) is 0 Å². The Bertz CT molecular complexity index is 588. The molecule has 0 aliphatic carbocycles. The molecule has 1 N–H and O–H groups in total. The highest BCUT2D eigenvalue weighted by atomic mass is 19.4. The van der Waals surface area contributed by atoms with E-state index in [-0.39, 0.29) is 5.69 Å². The molecule has 0 aliphatic heterocycles. The number of aryl methyl sites for hydroxylation is 2. The van der Waals surface area contributed by atoms with Crippen molar-refractivity contribution in [2.75, 3.05) is 5.32 Å². The smallest absolute Gasteiger partial charge is 0.379 e. The normalized spacial score (nSPS) is 11.7. The first kappa shape index (κ1) is 14.4. The van der Waals surface area contributed by atoms with E-state index in [0.717, 1.165) is 23.9 Å². The third-order valence-electron chi connectivity index (χ3n) is 3.08. The molecule has 0 saturated carbocycles. The lowest BCUT2D eigenvalue weighted by atomic mass is 10.1. The molecule has 0 spiro atoms. The molecule has 0 bridgehead atoms. The zero-order valence-corrected chi connectivity index (χ0v) is 11.3. The lowest BCUT2D eigenvalue weighted by Crippen LogP contribution is -2.12. The van der Waals surface area contributed by atoms with Gasteiger partial charge in [0.15, 0.2) is 0 Å². The Morgan fingerprint density at radius 2 is 1.95 bits per heavy atom. The van der Waals surface area contributed by atoms with Crippen LogP contribution in [-0.2, 0) is 26.2 Å². The van der Waals surface area contributed by atoms with Gasteiger partial charge in [-0.05, 0) is 24.6 Å². The third-order valence-corrected chi connectivity index (χ3v) is 3.08. The summed E-state index contributed by atoms with van der Waals surface area (Å²) in [5.74, 6) is 0. The lowest BCUT2D eigenvalue weighted by Gasteiger charge is -2.14. The molecule has 0 amide bonds. The van der Waals surface area contributed by atoms with E-state index in [2.05, 4.69) is 10.4 Å². The Kier molecular flexibility index (Phi) is 4.01. The van der Waals surface area contributed by atoms with Crippen LogP contribution in [0.3, 0.4) is 0 Å². The first-order valence-electron chi connectivity index (χ1n) is 6.33. The van der Waals surface area contributed by atoms with Crippen molar-refractivity contribution in [1.29, 1.82) is 0 Å². The summed E-state index contributed by atoms with van der Waals surface area (Å²) in [5, 5.41) is 7.10. The van der Waals surface area contributed by atoms with Gasteiger partial charge in [0.2, 0.25) is 0 Å². The molecule has 2 rings (SSSR count). The molecule has 20 heavy (non-hydrogen) atoms. The van der Waals surface area contributed by atoms with Crippen molar-refractivity contribution in [3.05, 3.63) is 47.3 Å². The number of hydrogen-bond acceptors (Lipinski definition) is 2. The fourth-order valence-corrected chi connectivity index (χ4v) is 1.98. The lowest BCUT2D eigenvalue weighted by molar-refractivity contribution is -0.136. The number of hydrogen-bond donors (Lipinski definition) is 1. The van der Waals surface area contributed by atoms with Crippen molar-refractivity contribution < 1.29 is 13.2 Å². The fourth-order valence-electron chi connectivity index (χ4n) is 1.98. The molecule has 0 aliphatic rings. The molecule has 1 heterocycles. The molecule has 0 saturated heterocycles. The van der Waals surface area contributed by atoms with Crippen LogP contribution in [0.5, 0.6) is 0 Å². The van der Waals surface area contributed by atoms with Crippen molar-refractivity contribution in [1.82, 2.24) is 9.78 Å². The van der Waals surface area contributed by atoms with Crippen LogP contribution in [0.1, 0.15) is 23.9 Å². The number of aromatic nitrogens is 2. The molecule has 2 aromatic rings. The van der Waals surface area contributed by atoms with Crippen LogP contribution >= 0.6 is 0 Å². The molecular formula is C14H16F3N3. The van der Waals surface area contributed by atoms with Gasteiger partial charge in [-0.1, -0.05) is 19.1 Å². The summed E-state index contributed by atoms with van der Waals surface area (Å²) >= 11 is 0. The second-order valence-electron chi connectivity index (χ2n) is 4.50. The first-order valence-corrected chi connectivity index (χ1v) is 6.33. The highest BCUT2D eigenvalue weighted by Crippen LogP contribution is 2.34. The van der Waals surface area contributed by atoms with E-state index in [1.165, 1.54) is 12.1 Å². The van der Waals surface area contributed by atoms with Crippen molar-refractivity contribution in [3.63, 3.8) is 0 Å². The van der Waals surface area contributed by atoms with Gasteiger partial charge in [0.1, 0.15) is 0 Å². The summed E-state index contributed by atoms with van der Waals surface area (Å²) in [6.45, 7) is 2.29. The Balaban J connectivity index is 2.17. The Hall–Kier alpha value is -1.98. The molecule has 0 unspecified atom stereocenters. The number of benzene rings is 1. The minimum atomic E-state index is -4.36. The van der Waals surface area contributed by atoms with Gasteiger partial charge in [0, 0.05) is 12.7 Å². The van der Waals surface area contributed by atoms with Gasteiger partial charge in [-0.15, -0.1) is 0 Å². The minimum absolute atomic E-state index is 0.0826. The average molecular weight is 283 g/mol. The minimum Gasteiger partial charge on any atom is -0.379 e. The number of alkyl halides is 3. The molecule has 0 fully saturated rings. The summed E-state index contributed by atoms with van der Waals surface area (Å²) in [6, 6.07) is 7.36. The van der Waals surface area contributed by atoms with E-state index in [4.69, 9.17) is 0 Å². The van der Waals surface area contributed by atoms with Crippen LogP contribution in [0.25, 0.3) is 0 Å². The molecule has 0 atom stereocenters.